The van der Waals surface area contributed by atoms with Crippen molar-refractivity contribution in [2.24, 2.45) is 7.05 Å². The number of alkyl halides is 2. The summed E-state index contributed by atoms with van der Waals surface area (Å²) in [6.45, 7) is 0.413. The average Bonchev–Trinajstić information content (AvgIpc) is 2.94. The standard InChI is InChI=1S/C12H14F2N4O3/c1-4-11(19)20-8-6-15-18(7(8)2)9-5-10(17(3)16-9)21-12(13)14/h5-6,12H,4H2,1-3H3. The Kier molecular flexibility index (Phi) is 4.20. The third kappa shape index (κ3) is 3.18. The highest BCUT2D eigenvalue weighted by Crippen LogP contribution is 2.23. The number of hydrogen-bond donors (Lipinski definition) is 0. The fraction of sp³-hybridized carbons (Fsp3) is 0.417. The monoisotopic (exact) mass is 300 g/mol. The molecule has 114 valence electrons. The molecule has 2 rings (SSSR count). The van der Waals surface area contributed by atoms with Crippen LogP contribution < -0.4 is 9.47 Å². The summed E-state index contributed by atoms with van der Waals surface area (Å²) >= 11 is 0. The summed E-state index contributed by atoms with van der Waals surface area (Å²) in [6, 6.07) is 1.32. The van der Waals surface area contributed by atoms with Gasteiger partial charge in [0.2, 0.25) is 5.88 Å². The molecule has 2 aromatic rings. The first-order valence-corrected chi connectivity index (χ1v) is 6.17. The largest absolute Gasteiger partial charge is 0.423 e. The Hall–Kier alpha value is -2.45. The number of aryl methyl sites for hydroxylation is 1. The molecule has 0 spiro atoms. The lowest BCUT2D eigenvalue weighted by Crippen LogP contribution is -2.07. The third-order valence-corrected chi connectivity index (χ3v) is 2.73. The topological polar surface area (TPSA) is 71.2 Å². The summed E-state index contributed by atoms with van der Waals surface area (Å²) < 4.78 is 36.4. The van der Waals surface area contributed by atoms with Gasteiger partial charge in [-0.25, -0.2) is 9.36 Å². The summed E-state index contributed by atoms with van der Waals surface area (Å²) in [7, 11) is 1.47. The van der Waals surface area contributed by atoms with Gasteiger partial charge in [0.15, 0.2) is 11.6 Å². The van der Waals surface area contributed by atoms with E-state index in [1.54, 1.807) is 13.8 Å². The van der Waals surface area contributed by atoms with E-state index in [-0.39, 0.29) is 24.1 Å². The molecule has 0 aliphatic rings. The van der Waals surface area contributed by atoms with Crippen LogP contribution in [0.5, 0.6) is 11.6 Å². The minimum atomic E-state index is -2.94. The molecule has 0 aromatic carbocycles. The van der Waals surface area contributed by atoms with Crippen molar-refractivity contribution in [3.05, 3.63) is 18.0 Å². The number of halogens is 2. The zero-order chi connectivity index (χ0) is 15.6. The van der Waals surface area contributed by atoms with Gasteiger partial charge in [-0.3, -0.25) is 4.79 Å². The van der Waals surface area contributed by atoms with E-state index in [0.29, 0.717) is 11.4 Å². The lowest BCUT2D eigenvalue weighted by Gasteiger charge is -2.02. The predicted octanol–water partition coefficient (Wildman–Crippen LogP) is 1.83. The molecule has 0 aliphatic heterocycles. The Balaban J connectivity index is 2.28. The van der Waals surface area contributed by atoms with Gasteiger partial charge in [0.25, 0.3) is 0 Å². The van der Waals surface area contributed by atoms with E-state index in [1.807, 2.05) is 0 Å². The summed E-state index contributed by atoms with van der Waals surface area (Å²) in [4.78, 5) is 11.3. The molecule has 2 heterocycles. The van der Waals surface area contributed by atoms with Gasteiger partial charge >= 0.3 is 12.6 Å². The molecule has 2 aromatic heterocycles. The SMILES string of the molecule is CCC(=O)Oc1cnn(-c2cc(OC(F)F)n(C)n2)c1C. The lowest BCUT2D eigenvalue weighted by atomic mass is 10.4. The maximum atomic E-state index is 12.2. The van der Waals surface area contributed by atoms with Crippen molar-refractivity contribution >= 4 is 5.97 Å². The summed E-state index contributed by atoms with van der Waals surface area (Å²) in [5, 5.41) is 8.05. The molecule has 0 saturated heterocycles. The van der Waals surface area contributed by atoms with E-state index in [1.165, 1.54) is 28.7 Å². The molecule has 0 radical (unpaired) electrons. The van der Waals surface area contributed by atoms with E-state index >= 15 is 0 Å². The Bertz CT molecular complexity index is 651. The Morgan fingerprint density at radius 3 is 2.81 bits per heavy atom. The number of hydrogen-bond acceptors (Lipinski definition) is 5. The van der Waals surface area contributed by atoms with Crippen molar-refractivity contribution in [3.8, 4) is 17.4 Å². The lowest BCUT2D eigenvalue weighted by molar-refractivity contribution is -0.134. The van der Waals surface area contributed by atoms with Gasteiger partial charge in [-0.1, -0.05) is 6.92 Å². The maximum Gasteiger partial charge on any atom is 0.388 e. The molecule has 0 fully saturated rings. The first-order valence-electron chi connectivity index (χ1n) is 6.17. The van der Waals surface area contributed by atoms with Gasteiger partial charge in [-0.15, -0.1) is 5.10 Å². The van der Waals surface area contributed by atoms with Gasteiger partial charge in [0.1, 0.15) is 0 Å². The van der Waals surface area contributed by atoms with Gasteiger partial charge in [-0.05, 0) is 6.92 Å². The molecular formula is C12H14F2N4O3. The normalized spacial score (nSPS) is 11.0. The third-order valence-electron chi connectivity index (χ3n) is 2.73. The Morgan fingerprint density at radius 1 is 1.48 bits per heavy atom. The van der Waals surface area contributed by atoms with E-state index in [9.17, 15) is 13.6 Å². The van der Waals surface area contributed by atoms with Crippen LogP contribution in [0.1, 0.15) is 19.0 Å². The van der Waals surface area contributed by atoms with Crippen molar-refractivity contribution in [1.29, 1.82) is 0 Å². The number of ether oxygens (including phenoxy) is 2. The number of carbonyl (C=O) groups excluding carboxylic acids is 1. The second kappa shape index (κ2) is 5.90. The van der Waals surface area contributed by atoms with Crippen LogP contribution in [-0.4, -0.2) is 32.1 Å². The molecule has 0 bridgehead atoms. The second-order valence-corrected chi connectivity index (χ2v) is 4.18. The minimum absolute atomic E-state index is 0.0954. The fourth-order valence-corrected chi connectivity index (χ4v) is 1.66. The Morgan fingerprint density at radius 2 is 2.19 bits per heavy atom. The van der Waals surface area contributed by atoms with Gasteiger partial charge in [0, 0.05) is 19.5 Å². The highest BCUT2D eigenvalue weighted by molar-refractivity contribution is 5.72. The number of carbonyl (C=O) groups is 1. The van der Waals surface area contributed by atoms with Crippen molar-refractivity contribution in [2.45, 2.75) is 26.9 Å². The molecule has 9 heteroatoms. The molecule has 0 aliphatic carbocycles. The molecular weight excluding hydrogens is 286 g/mol. The van der Waals surface area contributed by atoms with Gasteiger partial charge in [0.05, 0.1) is 11.9 Å². The van der Waals surface area contributed by atoms with E-state index in [4.69, 9.17) is 4.74 Å². The van der Waals surface area contributed by atoms with Gasteiger partial charge in [-0.2, -0.15) is 13.9 Å². The van der Waals surface area contributed by atoms with Crippen LogP contribution in [0.4, 0.5) is 8.78 Å². The van der Waals surface area contributed by atoms with Crippen LogP contribution in [0, 0.1) is 6.92 Å². The Labute approximate surface area is 119 Å². The highest BCUT2D eigenvalue weighted by Gasteiger charge is 2.17. The highest BCUT2D eigenvalue weighted by atomic mass is 19.3. The van der Waals surface area contributed by atoms with Crippen LogP contribution in [0.25, 0.3) is 5.82 Å². The molecule has 0 amide bonds. The first kappa shape index (κ1) is 14.9. The molecule has 0 unspecified atom stereocenters. The average molecular weight is 300 g/mol. The number of nitrogens with zero attached hydrogens (tertiary/aromatic N) is 4. The van der Waals surface area contributed by atoms with Crippen molar-refractivity contribution < 1.29 is 23.0 Å². The molecule has 0 saturated carbocycles. The van der Waals surface area contributed by atoms with Crippen LogP contribution in [0.3, 0.4) is 0 Å². The van der Waals surface area contributed by atoms with Crippen molar-refractivity contribution in [1.82, 2.24) is 19.6 Å². The van der Waals surface area contributed by atoms with Crippen molar-refractivity contribution in [3.63, 3.8) is 0 Å². The van der Waals surface area contributed by atoms with Crippen LogP contribution in [-0.2, 0) is 11.8 Å². The molecule has 21 heavy (non-hydrogen) atoms. The number of aromatic nitrogens is 4. The molecule has 0 N–H and O–H groups in total. The van der Waals surface area contributed by atoms with E-state index < -0.39 is 6.61 Å². The second-order valence-electron chi connectivity index (χ2n) is 4.18. The predicted molar refractivity (Wildman–Crippen MR) is 67.6 cm³/mol. The molecule has 0 atom stereocenters. The molecule has 7 nitrogen and oxygen atoms in total. The summed E-state index contributed by atoms with van der Waals surface area (Å²) in [6.07, 6.45) is 1.60. The fourth-order valence-electron chi connectivity index (χ4n) is 1.66. The zero-order valence-corrected chi connectivity index (χ0v) is 11.7. The zero-order valence-electron chi connectivity index (χ0n) is 11.7. The number of esters is 1. The smallest absolute Gasteiger partial charge is 0.388 e. The van der Waals surface area contributed by atoms with E-state index in [2.05, 4.69) is 14.9 Å². The first-order chi connectivity index (χ1) is 9.92. The number of rotatable bonds is 5. The van der Waals surface area contributed by atoms with Crippen LogP contribution in [0.2, 0.25) is 0 Å². The maximum absolute atomic E-state index is 12.2. The quantitative estimate of drug-likeness (QED) is 0.788. The minimum Gasteiger partial charge on any atom is -0.423 e. The van der Waals surface area contributed by atoms with Gasteiger partial charge < -0.3 is 9.47 Å². The van der Waals surface area contributed by atoms with E-state index in [0.717, 1.165) is 0 Å². The summed E-state index contributed by atoms with van der Waals surface area (Å²) in [5.74, 6) is 0.0932. The summed E-state index contributed by atoms with van der Waals surface area (Å²) in [5.41, 5.74) is 0.526. The van der Waals surface area contributed by atoms with Crippen molar-refractivity contribution in [2.75, 3.05) is 0 Å². The van der Waals surface area contributed by atoms with Crippen LogP contribution >= 0.6 is 0 Å². The van der Waals surface area contributed by atoms with Crippen LogP contribution in [0.15, 0.2) is 12.3 Å².